The van der Waals surface area contributed by atoms with Gasteiger partial charge in [0.1, 0.15) is 0 Å². The summed E-state index contributed by atoms with van der Waals surface area (Å²) in [7, 11) is 0. The second kappa shape index (κ2) is 34.4. The molecule has 0 saturated heterocycles. The maximum absolute atomic E-state index is 8.68. The Bertz CT molecular complexity index is 30.7. The Morgan fingerprint density at radius 1 is 1.00 bits per heavy atom. The summed E-state index contributed by atoms with van der Waals surface area (Å²) >= 11 is 0. The first-order chi connectivity index (χ1) is 2.83. The standard InChI is InChI=1S/2C2H3O.Zr/c2*1-2-3;/h2*1H3;/q2*-1;+2. The molecule has 2 nitrogen and oxygen atoms in total. The minimum Gasteiger partial charge on any atom is -0.542 e. The molecule has 38 valence electrons. The third-order valence-electron chi connectivity index (χ3n) is 0. The SMILES string of the molecule is C[C-]=O.C[C-]=O.[Zr+2]. The van der Waals surface area contributed by atoms with Gasteiger partial charge >= 0.3 is 26.2 Å². The first-order valence-corrected chi connectivity index (χ1v) is 1.41. The Morgan fingerprint density at radius 2 is 1.00 bits per heavy atom. The molecule has 0 N–H and O–H groups in total. The van der Waals surface area contributed by atoms with Crippen molar-refractivity contribution in [1.29, 1.82) is 0 Å². The van der Waals surface area contributed by atoms with Crippen molar-refractivity contribution < 1.29 is 35.8 Å². The van der Waals surface area contributed by atoms with Gasteiger partial charge < -0.3 is 9.59 Å². The van der Waals surface area contributed by atoms with Crippen molar-refractivity contribution in [3.8, 4) is 0 Å². The molecule has 7 heavy (non-hydrogen) atoms. The number of rotatable bonds is 0. The fraction of sp³-hybridized carbons (Fsp3) is 0.500. The second-order valence-corrected chi connectivity index (χ2v) is 0.408. The molecule has 0 saturated carbocycles. The van der Waals surface area contributed by atoms with E-state index in [0.717, 1.165) is 0 Å². The molecular weight excluding hydrogens is 171 g/mol. The molecule has 0 unspecified atom stereocenters. The first kappa shape index (κ1) is 15.7. The topological polar surface area (TPSA) is 34.1 Å². The van der Waals surface area contributed by atoms with Crippen molar-refractivity contribution in [3.05, 3.63) is 0 Å². The van der Waals surface area contributed by atoms with Gasteiger partial charge in [0, 0.05) is 0 Å². The van der Waals surface area contributed by atoms with E-state index in [2.05, 4.69) is 0 Å². The number of hydrogen-bond donors (Lipinski definition) is 0. The molecule has 3 heteroatoms. The largest absolute Gasteiger partial charge is 2.00 e. The van der Waals surface area contributed by atoms with Crippen LogP contribution in [0.5, 0.6) is 0 Å². The van der Waals surface area contributed by atoms with Gasteiger partial charge in [-0.05, 0) is 0 Å². The predicted octanol–water partition coefficient (Wildman–Crippen LogP) is 0.230. The third kappa shape index (κ3) is 2230. The van der Waals surface area contributed by atoms with E-state index in [-0.39, 0.29) is 26.2 Å². The van der Waals surface area contributed by atoms with E-state index in [0.29, 0.717) is 0 Å². The zero-order valence-electron chi connectivity index (χ0n) is 4.32. The first-order valence-electron chi connectivity index (χ1n) is 1.41. The monoisotopic (exact) mass is 176 g/mol. The molecule has 0 spiro atoms. The Morgan fingerprint density at radius 3 is 1.00 bits per heavy atom. The molecule has 0 rings (SSSR count). The average Bonchev–Trinajstić information content (AvgIpc) is 1.39. The number of hydrogen-bond acceptors (Lipinski definition) is 2. The Balaban J connectivity index is -0.0000000400. The Labute approximate surface area is 62.4 Å². The maximum atomic E-state index is 8.68. The van der Waals surface area contributed by atoms with E-state index in [4.69, 9.17) is 9.59 Å². The predicted molar refractivity (Wildman–Crippen MR) is 22.7 cm³/mol. The van der Waals surface area contributed by atoms with Gasteiger partial charge in [-0.1, -0.05) is 0 Å². The summed E-state index contributed by atoms with van der Waals surface area (Å²) in [5.74, 6) is 0. The summed E-state index contributed by atoms with van der Waals surface area (Å²) < 4.78 is 0. The van der Waals surface area contributed by atoms with Crippen LogP contribution >= 0.6 is 0 Å². The second-order valence-electron chi connectivity index (χ2n) is 0.408. The van der Waals surface area contributed by atoms with Crippen LogP contribution in [0.1, 0.15) is 13.8 Å². The molecule has 0 amide bonds. The van der Waals surface area contributed by atoms with Crippen LogP contribution in [0.2, 0.25) is 0 Å². The van der Waals surface area contributed by atoms with Gasteiger partial charge in [-0.2, -0.15) is 13.8 Å². The van der Waals surface area contributed by atoms with E-state index in [1.807, 2.05) is 0 Å². The average molecular weight is 177 g/mol. The molecule has 0 aromatic heterocycles. The normalized spacial score (nSPS) is 3.71. The van der Waals surface area contributed by atoms with Gasteiger partial charge in [-0.25, -0.2) is 0 Å². The van der Waals surface area contributed by atoms with Crippen molar-refractivity contribution in [2.24, 2.45) is 0 Å². The molecule has 0 aliphatic carbocycles. The van der Waals surface area contributed by atoms with Crippen molar-refractivity contribution in [2.45, 2.75) is 13.8 Å². The zero-order chi connectivity index (χ0) is 5.41. The van der Waals surface area contributed by atoms with Crippen molar-refractivity contribution >= 4 is 12.6 Å². The zero-order valence-corrected chi connectivity index (χ0v) is 6.77. The molecule has 0 fully saturated rings. The van der Waals surface area contributed by atoms with Crippen molar-refractivity contribution in [1.82, 2.24) is 0 Å². The van der Waals surface area contributed by atoms with Gasteiger partial charge in [0.05, 0.1) is 0 Å². The van der Waals surface area contributed by atoms with E-state index in [1.54, 1.807) is 0 Å². The summed E-state index contributed by atoms with van der Waals surface area (Å²) in [5, 5.41) is 0. The smallest absolute Gasteiger partial charge is 0.542 e. The fourth-order valence-corrected chi connectivity index (χ4v) is 0. The van der Waals surface area contributed by atoms with Crippen LogP contribution in [0, 0.1) is 0 Å². The van der Waals surface area contributed by atoms with Crippen LogP contribution in [0.25, 0.3) is 0 Å². The van der Waals surface area contributed by atoms with Crippen molar-refractivity contribution in [2.75, 3.05) is 0 Å². The van der Waals surface area contributed by atoms with Crippen LogP contribution < -0.4 is 0 Å². The summed E-state index contributed by atoms with van der Waals surface area (Å²) in [4.78, 5) is 17.4. The van der Waals surface area contributed by atoms with Crippen LogP contribution in [-0.4, -0.2) is 12.6 Å². The molecule has 0 aliphatic heterocycles. The van der Waals surface area contributed by atoms with E-state index in [1.165, 1.54) is 26.4 Å². The van der Waals surface area contributed by atoms with Crippen LogP contribution in [0.3, 0.4) is 0 Å². The summed E-state index contributed by atoms with van der Waals surface area (Å²) in [6.45, 7) is 2.64. The molecule has 0 aromatic rings. The summed E-state index contributed by atoms with van der Waals surface area (Å²) in [6.07, 6.45) is 3.00. The quantitative estimate of drug-likeness (QED) is 0.496. The van der Waals surface area contributed by atoms with E-state index < -0.39 is 0 Å². The van der Waals surface area contributed by atoms with E-state index in [9.17, 15) is 0 Å². The van der Waals surface area contributed by atoms with Gasteiger partial charge in [0.2, 0.25) is 0 Å². The summed E-state index contributed by atoms with van der Waals surface area (Å²) in [5.41, 5.74) is 0. The van der Waals surface area contributed by atoms with Crippen LogP contribution in [-0.2, 0) is 35.8 Å². The molecule has 0 atom stereocenters. The maximum Gasteiger partial charge on any atom is 2.00 e. The molecule has 0 radical (unpaired) electrons. The van der Waals surface area contributed by atoms with Gasteiger partial charge in [-0.3, -0.25) is 12.6 Å². The fourth-order valence-electron chi connectivity index (χ4n) is 0. The van der Waals surface area contributed by atoms with Gasteiger partial charge in [-0.15, -0.1) is 0 Å². The minimum absolute atomic E-state index is 0. The minimum atomic E-state index is 0. The molecule has 0 heterocycles. The number of carbonyl (C=O) groups excluding carboxylic acids is 2. The molecule has 0 bridgehead atoms. The Kier molecular flexibility index (Phi) is 77.0. The van der Waals surface area contributed by atoms with Crippen molar-refractivity contribution in [3.63, 3.8) is 0 Å². The Hall–Kier alpha value is 0.223. The molecule has 0 aromatic carbocycles. The third-order valence-corrected chi connectivity index (χ3v) is 0. The van der Waals surface area contributed by atoms with E-state index >= 15 is 0 Å². The molecule has 0 aliphatic rings. The van der Waals surface area contributed by atoms with Gasteiger partial charge in [0.25, 0.3) is 0 Å². The summed E-state index contributed by atoms with van der Waals surface area (Å²) in [6, 6.07) is 0. The van der Waals surface area contributed by atoms with Crippen LogP contribution in [0.15, 0.2) is 0 Å². The van der Waals surface area contributed by atoms with Gasteiger partial charge in [0.15, 0.2) is 0 Å². The molecular formula is C4H6O2Zr. The van der Waals surface area contributed by atoms with Crippen LogP contribution in [0.4, 0.5) is 0 Å².